The Balaban J connectivity index is 0.000000344. The number of carboxylic acids is 3. The Kier molecular flexibility index (Phi) is 20.9. The number of carboxylic acid groups (broad SMARTS) is 3. The smallest absolute Gasteiger partial charge is 0.545 e. The fourth-order valence-corrected chi connectivity index (χ4v) is 4.30. The monoisotopic (exact) mass is 1010 g/mol. The maximum atomic E-state index is 10.2. The fourth-order valence-electron chi connectivity index (χ4n) is 3.51. The minimum atomic E-state index is -1.15. The second kappa shape index (κ2) is 23.6. The number of hydrogen-bond acceptors (Lipinski definition) is 9. The van der Waals surface area contributed by atoms with Crippen LogP contribution >= 0.6 is 47.8 Å². The van der Waals surface area contributed by atoms with Crippen molar-refractivity contribution >= 4 is 65.7 Å². The number of halogens is 3. The van der Waals surface area contributed by atoms with Crippen LogP contribution in [0.2, 0.25) is 0 Å². The zero-order valence-electron chi connectivity index (χ0n) is 25.6. The molecule has 0 bridgehead atoms. The van der Waals surface area contributed by atoms with Gasteiger partial charge in [-0.25, -0.2) is 4.98 Å². The summed E-state index contributed by atoms with van der Waals surface area (Å²) in [7, 11) is 0. The number of aromatic nitrogens is 3. The van der Waals surface area contributed by atoms with Gasteiger partial charge in [0.25, 0.3) is 0 Å². The van der Waals surface area contributed by atoms with E-state index in [0.717, 1.165) is 36.2 Å². The van der Waals surface area contributed by atoms with E-state index in [0.29, 0.717) is 0 Å². The molecule has 0 unspecified atom stereocenters. The van der Waals surface area contributed by atoms with Gasteiger partial charge in [-0.2, -0.15) is 0 Å². The molecular formula is C36H26Br3GdN3O7+. The summed E-state index contributed by atoms with van der Waals surface area (Å²) >= 11 is 9.54. The quantitative estimate of drug-likeness (QED) is 0.220. The number of carbonyl (C=O) groups excluding carboxylic acids is 3. The van der Waals surface area contributed by atoms with Crippen molar-refractivity contribution in [3.8, 4) is 22.8 Å². The third-order valence-electron chi connectivity index (χ3n) is 5.84. The third-order valence-corrected chi connectivity index (χ3v) is 7.43. The van der Waals surface area contributed by atoms with Crippen LogP contribution in [0, 0.1) is 39.9 Å². The average Bonchev–Trinajstić information content (AvgIpc) is 3.10. The SMILES string of the molecule is O=C([O-])c1ccc(Br)cc1.O=C([O-])c1ccc(Br)cc1.O=C([O-])c1ccc(Br)cc1.[Gd+3].[OH3+].c1ccc(-c2cccc(-c3ccccn3)n2)nc1. The molecule has 10 nitrogen and oxygen atoms in total. The van der Waals surface area contributed by atoms with E-state index in [-0.39, 0.29) is 62.1 Å². The zero-order chi connectivity index (χ0) is 34.9. The van der Waals surface area contributed by atoms with E-state index in [9.17, 15) is 29.7 Å². The summed E-state index contributed by atoms with van der Waals surface area (Å²) in [6, 6.07) is 36.3. The fraction of sp³-hybridized carbons (Fsp3) is 0. The molecule has 1 radical (unpaired) electrons. The summed E-state index contributed by atoms with van der Waals surface area (Å²) in [5.74, 6) is -3.44. The van der Waals surface area contributed by atoms with Crippen molar-refractivity contribution in [2.75, 3.05) is 0 Å². The van der Waals surface area contributed by atoms with Crippen LogP contribution in [0.5, 0.6) is 0 Å². The molecule has 3 aromatic carbocycles. The van der Waals surface area contributed by atoms with E-state index < -0.39 is 17.9 Å². The van der Waals surface area contributed by atoms with Crippen LogP contribution in [0.4, 0.5) is 0 Å². The molecule has 3 heterocycles. The van der Waals surface area contributed by atoms with E-state index in [2.05, 4.69) is 62.7 Å². The molecule has 255 valence electrons. The van der Waals surface area contributed by atoms with Crippen molar-refractivity contribution in [3.63, 3.8) is 0 Å². The van der Waals surface area contributed by atoms with Gasteiger partial charge in [-0.3, -0.25) is 9.97 Å². The number of pyridine rings is 3. The number of benzene rings is 3. The van der Waals surface area contributed by atoms with Gasteiger partial charge in [0.2, 0.25) is 0 Å². The second-order valence-corrected chi connectivity index (χ2v) is 12.0. The van der Waals surface area contributed by atoms with Crippen LogP contribution in [0.3, 0.4) is 0 Å². The molecule has 0 amide bonds. The molecular weight excluding hydrogens is 983 g/mol. The van der Waals surface area contributed by atoms with Gasteiger partial charge in [-0.1, -0.05) is 102 Å². The van der Waals surface area contributed by atoms with Crippen LogP contribution in [0.1, 0.15) is 31.1 Å². The van der Waals surface area contributed by atoms with Gasteiger partial charge in [0, 0.05) is 25.8 Å². The summed E-state index contributed by atoms with van der Waals surface area (Å²) < 4.78 is 2.58. The summed E-state index contributed by atoms with van der Waals surface area (Å²) in [6.07, 6.45) is 3.54. The van der Waals surface area contributed by atoms with Gasteiger partial charge in [0.05, 0.1) is 40.7 Å². The van der Waals surface area contributed by atoms with E-state index >= 15 is 0 Å². The minimum absolute atomic E-state index is 0. The molecule has 3 N–H and O–H groups in total. The Hall–Kier alpha value is -3.76. The maximum absolute atomic E-state index is 10.2. The molecule has 0 fully saturated rings. The van der Waals surface area contributed by atoms with Crippen molar-refractivity contribution in [1.82, 2.24) is 15.0 Å². The zero-order valence-corrected chi connectivity index (χ0v) is 32.7. The molecule has 3 aromatic heterocycles. The Labute approximate surface area is 345 Å². The van der Waals surface area contributed by atoms with Crippen molar-refractivity contribution in [2.24, 2.45) is 0 Å². The summed E-state index contributed by atoms with van der Waals surface area (Å²) in [5.41, 5.74) is 4.05. The first-order chi connectivity index (χ1) is 23.0. The van der Waals surface area contributed by atoms with Crippen LogP contribution in [0.25, 0.3) is 22.8 Å². The normalized spacial score (nSPS) is 9.26. The molecule has 6 rings (SSSR count). The molecule has 14 heteroatoms. The van der Waals surface area contributed by atoms with Gasteiger partial charge >= 0.3 is 39.9 Å². The van der Waals surface area contributed by atoms with Gasteiger partial charge in [-0.15, -0.1) is 0 Å². The summed E-state index contributed by atoms with van der Waals surface area (Å²) in [5, 5.41) is 30.6. The van der Waals surface area contributed by atoms with Crippen LogP contribution in [-0.4, -0.2) is 32.9 Å². The van der Waals surface area contributed by atoms with Crippen molar-refractivity contribution in [2.45, 2.75) is 0 Å². The van der Waals surface area contributed by atoms with Gasteiger partial charge < -0.3 is 35.2 Å². The van der Waals surface area contributed by atoms with E-state index in [4.69, 9.17) is 0 Å². The largest absolute Gasteiger partial charge is 3.00 e. The van der Waals surface area contributed by atoms with Gasteiger partial charge in [0.1, 0.15) is 0 Å². The number of hydrogen-bond donors (Lipinski definition) is 0. The molecule has 50 heavy (non-hydrogen) atoms. The number of nitrogens with zero attached hydrogens (tertiary/aromatic N) is 3. The van der Waals surface area contributed by atoms with Crippen LogP contribution in [0.15, 0.2) is 153 Å². The first-order valence-electron chi connectivity index (χ1n) is 13.7. The van der Waals surface area contributed by atoms with Crippen molar-refractivity contribution in [1.29, 1.82) is 0 Å². The minimum Gasteiger partial charge on any atom is -0.545 e. The van der Waals surface area contributed by atoms with Gasteiger partial charge in [-0.05, 0) is 89.5 Å². The molecule has 0 aliphatic carbocycles. The average molecular weight is 1010 g/mol. The first kappa shape index (κ1) is 44.3. The molecule has 0 saturated heterocycles. The predicted molar refractivity (Wildman–Crippen MR) is 191 cm³/mol. The number of aromatic carboxylic acids is 3. The van der Waals surface area contributed by atoms with Crippen molar-refractivity contribution < 1.29 is 75.1 Å². The molecule has 0 saturated carbocycles. The first-order valence-corrected chi connectivity index (χ1v) is 16.1. The predicted octanol–water partition coefficient (Wildman–Crippen LogP) is 4.72. The Morgan fingerprint density at radius 1 is 0.420 bits per heavy atom. The van der Waals surface area contributed by atoms with Crippen LogP contribution < -0.4 is 15.3 Å². The molecule has 0 aliphatic rings. The Morgan fingerprint density at radius 3 is 0.940 bits per heavy atom. The number of rotatable bonds is 5. The van der Waals surface area contributed by atoms with Crippen LogP contribution in [-0.2, 0) is 5.48 Å². The van der Waals surface area contributed by atoms with E-state index in [1.165, 1.54) is 36.4 Å². The van der Waals surface area contributed by atoms with E-state index in [1.807, 2.05) is 54.6 Å². The molecule has 6 aromatic rings. The Morgan fingerprint density at radius 2 is 0.700 bits per heavy atom. The Bertz CT molecular complexity index is 1730. The van der Waals surface area contributed by atoms with E-state index in [1.54, 1.807) is 48.8 Å². The summed E-state index contributed by atoms with van der Waals surface area (Å²) in [4.78, 5) is 43.7. The maximum Gasteiger partial charge on any atom is 3.00 e. The van der Waals surface area contributed by atoms with Crippen molar-refractivity contribution in [3.05, 3.63) is 170 Å². The van der Waals surface area contributed by atoms with Gasteiger partial charge in [0.15, 0.2) is 0 Å². The second-order valence-electron chi connectivity index (χ2n) is 9.22. The summed E-state index contributed by atoms with van der Waals surface area (Å²) in [6.45, 7) is 0. The standard InChI is InChI=1S/C15H11N3.3C7H5BrO2.Gd.H2O/c1-3-10-16-12(6-1)14-8-5-9-15(18-14)13-7-2-4-11-17-13;3*8-6-3-1-5(2-4-6)7(9)10;;/h1-11H;3*1-4H,(H,9,10);;1H2/q;;;;+3;/p-2. The molecule has 0 spiro atoms. The number of carbonyl (C=O) groups is 3. The molecule has 0 atom stereocenters. The molecule has 0 aliphatic heterocycles. The topological polar surface area (TPSA) is 192 Å². The third kappa shape index (κ3) is 15.9.